The maximum absolute atomic E-state index is 5.37. The highest BCUT2D eigenvalue weighted by molar-refractivity contribution is 9.11. The van der Waals surface area contributed by atoms with Gasteiger partial charge in [-0.2, -0.15) is 0 Å². The van der Waals surface area contributed by atoms with Crippen LogP contribution in [-0.2, 0) is 0 Å². The lowest BCUT2D eigenvalue weighted by molar-refractivity contribution is 1.09. The predicted molar refractivity (Wildman–Crippen MR) is 38.8 cm³/mol. The van der Waals surface area contributed by atoms with Crippen LogP contribution in [0.5, 0.6) is 0 Å². The molecule has 1 rings (SSSR count). The zero-order valence-corrected chi connectivity index (χ0v) is 6.11. The Bertz CT molecular complexity index is 147. The van der Waals surface area contributed by atoms with E-state index in [0.717, 1.165) is 10.9 Å². The predicted octanol–water partition coefficient (Wildman–Crippen LogP) is 1.55. The van der Waals surface area contributed by atoms with E-state index in [4.69, 9.17) is 5.73 Å². The average Bonchev–Trinajstić information content (AvgIpc) is 2.14. The standard InChI is InChI=1S/C6H8BrN/c7-6-2-1-5(3-6)4-8/h2-3H,1,4,8H2. The van der Waals surface area contributed by atoms with E-state index >= 15 is 0 Å². The summed E-state index contributed by atoms with van der Waals surface area (Å²) in [6, 6.07) is 0. The molecular weight excluding hydrogens is 166 g/mol. The van der Waals surface area contributed by atoms with E-state index in [9.17, 15) is 0 Å². The van der Waals surface area contributed by atoms with Gasteiger partial charge in [0.2, 0.25) is 0 Å². The second-order valence-electron chi connectivity index (χ2n) is 1.80. The van der Waals surface area contributed by atoms with Gasteiger partial charge in [0.15, 0.2) is 0 Å². The van der Waals surface area contributed by atoms with Crippen LogP contribution in [0.4, 0.5) is 0 Å². The second-order valence-corrected chi connectivity index (χ2v) is 2.72. The first-order valence-electron chi connectivity index (χ1n) is 2.58. The van der Waals surface area contributed by atoms with Crippen molar-refractivity contribution >= 4 is 15.9 Å². The minimum Gasteiger partial charge on any atom is -0.327 e. The molecule has 0 amide bonds. The van der Waals surface area contributed by atoms with E-state index < -0.39 is 0 Å². The Morgan fingerprint density at radius 3 is 2.75 bits per heavy atom. The SMILES string of the molecule is NCC1=CC(Br)=CC1. The van der Waals surface area contributed by atoms with Crippen molar-refractivity contribution in [1.29, 1.82) is 0 Å². The molecule has 0 atom stereocenters. The molecule has 0 saturated carbocycles. The molecular formula is C6H8BrN. The summed E-state index contributed by atoms with van der Waals surface area (Å²) < 4.78 is 1.16. The molecule has 2 heteroatoms. The second kappa shape index (κ2) is 2.46. The molecule has 1 aliphatic carbocycles. The number of hydrogen-bond acceptors (Lipinski definition) is 1. The van der Waals surface area contributed by atoms with E-state index in [1.54, 1.807) is 0 Å². The molecule has 0 heterocycles. The number of hydrogen-bond donors (Lipinski definition) is 1. The van der Waals surface area contributed by atoms with Crippen LogP contribution >= 0.6 is 15.9 Å². The molecule has 8 heavy (non-hydrogen) atoms. The molecule has 0 unspecified atom stereocenters. The van der Waals surface area contributed by atoms with Gasteiger partial charge in [0.25, 0.3) is 0 Å². The van der Waals surface area contributed by atoms with Gasteiger partial charge < -0.3 is 5.73 Å². The monoisotopic (exact) mass is 173 g/mol. The Morgan fingerprint density at radius 2 is 2.50 bits per heavy atom. The summed E-state index contributed by atoms with van der Waals surface area (Å²) in [6.45, 7) is 0.686. The van der Waals surface area contributed by atoms with Gasteiger partial charge in [0, 0.05) is 11.0 Å². The fourth-order valence-corrected chi connectivity index (χ4v) is 1.17. The summed E-state index contributed by atoms with van der Waals surface area (Å²) in [7, 11) is 0. The molecule has 0 aromatic heterocycles. The van der Waals surface area contributed by atoms with Crippen LogP contribution in [0.2, 0.25) is 0 Å². The molecule has 0 radical (unpaired) electrons. The fraction of sp³-hybridized carbons (Fsp3) is 0.333. The summed E-state index contributed by atoms with van der Waals surface area (Å²) in [5.74, 6) is 0. The molecule has 0 aromatic carbocycles. The van der Waals surface area contributed by atoms with Gasteiger partial charge >= 0.3 is 0 Å². The first kappa shape index (κ1) is 6.05. The minimum absolute atomic E-state index is 0.686. The number of halogens is 1. The van der Waals surface area contributed by atoms with Crippen molar-refractivity contribution < 1.29 is 0 Å². The Balaban J connectivity index is 2.56. The highest BCUT2D eigenvalue weighted by Crippen LogP contribution is 2.20. The van der Waals surface area contributed by atoms with Gasteiger partial charge in [0.05, 0.1) is 0 Å². The van der Waals surface area contributed by atoms with Crippen LogP contribution < -0.4 is 5.73 Å². The van der Waals surface area contributed by atoms with Crippen LogP contribution in [0, 0.1) is 0 Å². The van der Waals surface area contributed by atoms with Crippen LogP contribution in [0.15, 0.2) is 22.2 Å². The third-order valence-electron chi connectivity index (χ3n) is 1.16. The number of allylic oxidation sites excluding steroid dienone is 3. The van der Waals surface area contributed by atoms with Crippen LogP contribution in [0.1, 0.15) is 6.42 Å². The lowest BCUT2D eigenvalue weighted by Crippen LogP contribution is -1.99. The molecule has 0 aliphatic heterocycles. The maximum Gasteiger partial charge on any atom is 0.0143 e. The van der Waals surface area contributed by atoms with Gasteiger partial charge in [-0.15, -0.1) is 0 Å². The van der Waals surface area contributed by atoms with E-state index in [1.165, 1.54) is 5.57 Å². The van der Waals surface area contributed by atoms with Gasteiger partial charge in [-0.05, 0) is 12.5 Å². The molecule has 2 N–H and O–H groups in total. The fourth-order valence-electron chi connectivity index (χ4n) is 0.684. The Labute approximate surface area is 57.4 Å². The molecule has 1 nitrogen and oxygen atoms in total. The number of nitrogens with two attached hydrogens (primary N) is 1. The first-order valence-corrected chi connectivity index (χ1v) is 3.37. The summed E-state index contributed by atoms with van der Waals surface area (Å²) in [6.07, 6.45) is 5.21. The van der Waals surface area contributed by atoms with Crippen LogP contribution in [0.3, 0.4) is 0 Å². The summed E-state index contributed by atoms with van der Waals surface area (Å²) >= 11 is 3.35. The van der Waals surface area contributed by atoms with E-state index in [1.807, 2.05) is 0 Å². The van der Waals surface area contributed by atoms with Crippen molar-refractivity contribution in [3.63, 3.8) is 0 Å². The van der Waals surface area contributed by atoms with Crippen molar-refractivity contribution in [2.45, 2.75) is 6.42 Å². The Kier molecular flexibility index (Phi) is 1.86. The Morgan fingerprint density at radius 1 is 1.75 bits per heavy atom. The van der Waals surface area contributed by atoms with Gasteiger partial charge in [-0.1, -0.05) is 27.6 Å². The van der Waals surface area contributed by atoms with E-state index in [-0.39, 0.29) is 0 Å². The lowest BCUT2D eigenvalue weighted by atomic mass is 10.2. The van der Waals surface area contributed by atoms with Crippen molar-refractivity contribution in [2.75, 3.05) is 6.54 Å². The third kappa shape index (κ3) is 1.20. The van der Waals surface area contributed by atoms with Crippen molar-refractivity contribution in [3.8, 4) is 0 Å². The molecule has 0 fully saturated rings. The van der Waals surface area contributed by atoms with E-state index in [2.05, 4.69) is 28.1 Å². The molecule has 44 valence electrons. The Hall–Kier alpha value is -0.0800. The minimum atomic E-state index is 0.686. The van der Waals surface area contributed by atoms with Crippen molar-refractivity contribution in [1.82, 2.24) is 0 Å². The van der Waals surface area contributed by atoms with Crippen molar-refractivity contribution in [2.24, 2.45) is 5.73 Å². The summed E-state index contributed by atoms with van der Waals surface area (Å²) in [4.78, 5) is 0. The zero-order chi connectivity index (χ0) is 5.98. The average molecular weight is 174 g/mol. The van der Waals surface area contributed by atoms with Gasteiger partial charge in [-0.25, -0.2) is 0 Å². The summed E-state index contributed by atoms with van der Waals surface area (Å²) in [5.41, 5.74) is 6.68. The maximum atomic E-state index is 5.37. The molecule has 1 aliphatic rings. The van der Waals surface area contributed by atoms with Gasteiger partial charge in [0.1, 0.15) is 0 Å². The molecule has 0 bridgehead atoms. The quantitative estimate of drug-likeness (QED) is 0.641. The molecule has 0 saturated heterocycles. The lowest BCUT2D eigenvalue weighted by Gasteiger charge is -1.89. The summed E-state index contributed by atoms with van der Waals surface area (Å²) in [5, 5.41) is 0. The highest BCUT2D eigenvalue weighted by atomic mass is 79.9. The van der Waals surface area contributed by atoms with E-state index in [0.29, 0.717) is 6.54 Å². The van der Waals surface area contributed by atoms with Gasteiger partial charge in [-0.3, -0.25) is 0 Å². The number of rotatable bonds is 1. The van der Waals surface area contributed by atoms with Crippen molar-refractivity contribution in [3.05, 3.63) is 22.2 Å². The van der Waals surface area contributed by atoms with Crippen LogP contribution in [0.25, 0.3) is 0 Å². The zero-order valence-electron chi connectivity index (χ0n) is 4.52. The normalized spacial score (nSPS) is 18.2. The smallest absolute Gasteiger partial charge is 0.0143 e. The topological polar surface area (TPSA) is 26.0 Å². The molecule has 0 spiro atoms. The molecule has 0 aromatic rings. The first-order chi connectivity index (χ1) is 3.83. The largest absolute Gasteiger partial charge is 0.327 e. The van der Waals surface area contributed by atoms with Crippen LogP contribution in [-0.4, -0.2) is 6.54 Å². The highest BCUT2D eigenvalue weighted by Gasteiger charge is 1.99. The third-order valence-corrected chi connectivity index (χ3v) is 1.72.